The minimum absolute atomic E-state index is 0.0112. The first-order chi connectivity index (χ1) is 12.7. The zero-order chi connectivity index (χ0) is 18.1. The number of nitrogens with zero attached hydrogens (tertiary/aromatic N) is 2. The van der Waals surface area contributed by atoms with Crippen LogP contribution in [0.5, 0.6) is 11.5 Å². The summed E-state index contributed by atoms with van der Waals surface area (Å²) in [5.41, 5.74) is 0.969. The Labute approximate surface area is 157 Å². The van der Waals surface area contributed by atoms with Gasteiger partial charge in [0.25, 0.3) is 0 Å². The average Bonchev–Trinajstić information content (AvgIpc) is 3.11. The van der Waals surface area contributed by atoms with Crippen LogP contribution in [0.2, 0.25) is 0 Å². The van der Waals surface area contributed by atoms with E-state index in [1.165, 1.54) is 19.3 Å². The number of amides is 1. The molecule has 3 heterocycles. The van der Waals surface area contributed by atoms with Crippen molar-refractivity contribution in [2.75, 3.05) is 37.5 Å². The minimum Gasteiger partial charge on any atom is -0.497 e. The van der Waals surface area contributed by atoms with Gasteiger partial charge in [-0.2, -0.15) is 0 Å². The molecule has 1 saturated heterocycles. The van der Waals surface area contributed by atoms with Gasteiger partial charge < -0.3 is 19.7 Å². The quantitative estimate of drug-likeness (QED) is 0.887. The monoisotopic (exact) mass is 373 g/mol. The van der Waals surface area contributed by atoms with Crippen molar-refractivity contribution in [1.82, 2.24) is 4.98 Å². The average molecular weight is 373 g/mol. The van der Waals surface area contributed by atoms with Gasteiger partial charge in [-0.25, -0.2) is 4.98 Å². The fraction of sp³-hybridized carbons (Fsp3) is 0.474. The van der Waals surface area contributed by atoms with Crippen LogP contribution in [0.25, 0.3) is 0 Å². The number of methoxy groups -OCH3 is 2. The maximum absolute atomic E-state index is 12.3. The number of thiazole rings is 1. The van der Waals surface area contributed by atoms with Crippen LogP contribution in [0.15, 0.2) is 18.2 Å². The lowest BCUT2D eigenvalue weighted by atomic mass is 9.90. The Balaban J connectivity index is 1.75. The molecule has 4 rings (SSSR count). The highest BCUT2D eigenvalue weighted by molar-refractivity contribution is 7.16. The molecule has 1 amide bonds. The van der Waals surface area contributed by atoms with E-state index in [9.17, 15) is 4.79 Å². The molecule has 2 aromatic rings. The Morgan fingerprint density at radius 1 is 1.19 bits per heavy atom. The van der Waals surface area contributed by atoms with E-state index < -0.39 is 0 Å². The van der Waals surface area contributed by atoms with Crippen molar-refractivity contribution in [3.63, 3.8) is 0 Å². The van der Waals surface area contributed by atoms with Crippen molar-refractivity contribution in [3.8, 4) is 11.5 Å². The van der Waals surface area contributed by atoms with Crippen LogP contribution in [0.3, 0.4) is 0 Å². The van der Waals surface area contributed by atoms with Crippen LogP contribution in [0.4, 0.5) is 10.9 Å². The highest BCUT2D eigenvalue weighted by Crippen LogP contribution is 2.46. The number of anilines is 2. The Morgan fingerprint density at radius 3 is 2.73 bits per heavy atom. The van der Waals surface area contributed by atoms with Crippen molar-refractivity contribution in [2.24, 2.45) is 0 Å². The van der Waals surface area contributed by atoms with Gasteiger partial charge in [0.1, 0.15) is 17.3 Å². The van der Waals surface area contributed by atoms with Crippen molar-refractivity contribution < 1.29 is 14.3 Å². The lowest BCUT2D eigenvalue weighted by Gasteiger charge is -2.25. The molecule has 1 N–H and O–H groups in total. The summed E-state index contributed by atoms with van der Waals surface area (Å²) in [7, 11) is 3.30. The summed E-state index contributed by atoms with van der Waals surface area (Å²) in [6.07, 6.45) is 4.06. The molecule has 1 fully saturated rings. The molecule has 0 aliphatic carbocycles. The van der Waals surface area contributed by atoms with E-state index >= 15 is 0 Å². The topological polar surface area (TPSA) is 63.7 Å². The standard InChI is InChI=1S/C19H23N3O3S/c1-24-12-6-7-15(25-2)13(10-12)14-11-16(23)20-18-17(14)26-19(21-18)22-8-4-3-5-9-22/h6-7,10,14H,3-5,8-9,11H2,1-2H3,(H,20,23)/t14-/m0/s1. The number of hydrogen-bond acceptors (Lipinski definition) is 6. The molecule has 0 spiro atoms. The molecule has 1 aromatic carbocycles. The van der Waals surface area contributed by atoms with Gasteiger partial charge in [0.15, 0.2) is 5.13 Å². The van der Waals surface area contributed by atoms with Gasteiger partial charge in [-0.15, -0.1) is 0 Å². The number of carbonyl (C=O) groups excluding carboxylic acids is 1. The zero-order valence-corrected chi connectivity index (χ0v) is 15.9. The second-order valence-electron chi connectivity index (χ2n) is 6.67. The molecule has 26 heavy (non-hydrogen) atoms. The maximum atomic E-state index is 12.3. The molecule has 2 aliphatic rings. The number of hydrogen-bond donors (Lipinski definition) is 1. The van der Waals surface area contributed by atoms with Crippen LogP contribution in [-0.2, 0) is 4.79 Å². The summed E-state index contributed by atoms with van der Waals surface area (Å²) in [5.74, 6) is 2.14. The van der Waals surface area contributed by atoms with E-state index in [-0.39, 0.29) is 11.8 Å². The predicted octanol–water partition coefficient (Wildman–Crippen LogP) is 3.62. The molecule has 138 valence electrons. The van der Waals surface area contributed by atoms with E-state index in [1.807, 2.05) is 18.2 Å². The molecule has 0 saturated carbocycles. The Bertz CT molecular complexity index is 814. The summed E-state index contributed by atoms with van der Waals surface area (Å²) >= 11 is 1.68. The molecule has 7 heteroatoms. The third-order valence-corrected chi connectivity index (χ3v) is 6.27. The number of fused-ring (bicyclic) bond motifs is 1. The summed E-state index contributed by atoms with van der Waals surface area (Å²) in [6, 6.07) is 5.73. The largest absolute Gasteiger partial charge is 0.497 e. The summed E-state index contributed by atoms with van der Waals surface area (Å²) in [5, 5.41) is 3.95. The predicted molar refractivity (Wildman–Crippen MR) is 103 cm³/mol. The van der Waals surface area contributed by atoms with Crippen LogP contribution in [-0.4, -0.2) is 38.2 Å². The van der Waals surface area contributed by atoms with Gasteiger partial charge in [-0.1, -0.05) is 11.3 Å². The molecular weight excluding hydrogens is 350 g/mol. The summed E-state index contributed by atoms with van der Waals surface area (Å²) < 4.78 is 10.9. The lowest BCUT2D eigenvalue weighted by molar-refractivity contribution is -0.116. The number of benzene rings is 1. The number of rotatable bonds is 4. The summed E-state index contributed by atoms with van der Waals surface area (Å²) in [6.45, 7) is 2.07. The second kappa shape index (κ2) is 7.15. The number of piperidine rings is 1. The third kappa shape index (κ3) is 3.11. The Morgan fingerprint density at radius 2 is 2.00 bits per heavy atom. The lowest BCUT2D eigenvalue weighted by Crippen LogP contribution is -2.29. The molecule has 6 nitrogen and oxygen atoms in total. The highest BCUT2D eigenvalue weighted by atomic mass is 32.1. The van der Waals surface area contributed by atoms with Gasteiger partial charge in [-0.05, 0) is 37.5 Å². The smallest absolute Gasteiger partial charge is 0.226 e. The van der Waals surface area contributed by atoms with Crippen molar-refractivity contribution in [2.45, 2.75) is 31.6 Å². The van der Waals surface area contributed by atoms with Crippen LogP contribution in [0.1, 0.15) is 42.0 Å². The molecule has 2 aliphatic heterocycles. The van der Waals surface area contributed by atoms with Crippen molar-refractivity contribution >= 4 is 28.2 Å². The van der Waals surface area contributed by atoms with Gasteiger partial charge in [0.2, 0.25) is 5.91 Å². The van der Waals surface area contributed by atoms with Gasteiger partial charge >= 0.3 is 0 Å². The van der Waals surface area contributed by atoms with E-state index in [1.54, 1.807) is 25.6 Å². The van der Waals surface area contributed by atoms with E-state index in [4.69, 9.17) is 14.5 Å². The van der Waals surface area contributed by atoms with E-state index in [0.717, 1.165) is 40.2 Å². The summed E-state index contributed by atoms with van der Waals surface area (Å²) in [4.78, 5) is 20.5. The highest BCUT2D eigenvalue weighted by Gasteiger charge is 2.33. The van der Waals surface area contributed by atoms with Gasteiger partial charge in [0, 0.05) is 31.0 Å². The number of nitrogens with one attached hydrogen (secondary N) is 1. The first-order valence-corrected chi connectivity index (χ1v) is 9.78. The van der Waals surface area contributed by atoms with Crippen LogP contribution in [0, 0.1) is 0 Å². The van der Waals surface area contributed by atoms with Crippen LogP contribution >= 0.6 is 11.3 Å². The zero-order valence-electron chi connectivity index (χ0n) is 15.1. The van der Waals surface area contributed by atoms with E-state index in [2.05, 4.69) is 10.2 Å². The normalized spacial score (nSPS) is 19.7. The Hall–Kier alpha value is -2.28. The Kier molecular flexibility index (Phi) is 4.72. The van der Waals surface area contributed by atoms with Crippen molar-refractivity contribution in [3.05, 3.63) is 28.6 Å². The molecular formula is C19H23N3O3S. The fourth-order valence-electron chi connectivity index (χ4n) is 3.69. The molecule has 0 unspecified atom stereocenters. The molecule has 0 bridgehead atoms. The van der Waals surface area contributed by atoms with Gasteiger partial charge in [-0.3, -0.25) is 4.79 Å². The minimum atomic E-state index is -0.0696. The number of carbonyl (C=O) groups is 1. The van der Waals surface area contributed by atoms with Crippen LogP contribution < -0.4 is 19.7 Å². The molecule has 1 aromatic heterocycles. The number of aromatic nitrogens is 1. The first-order valence-electron chi connectivity index (χ1n) is 8.97. The third-order valence-electron chi connectivity index (χ3n) is 5.04. The molecule has 0 radical (unpaired) electrons. The second-order valence-corrected chi connectivity index (χ2v) is 7.68. The first kappa shape index (κ1) is 17.1. The van der Waals surface area contributed by atoms with E-state index in [0.29, 0.717) is 12.2 Å². The fourth-order valence-corrected chi connectivity index (χ4v) is 4.88. The number of ether oxygens (including phenoxy) is 2. The van der Waals surface area contributed by atoms with Gasteiger partial charge in [0.05, 0.1) is 19.1 Å². The molecule has 1 atom stereocenters. The maximum Gasteiger partial charge on any atom is 0.226 e. The van der Waals surface area contributed by atoms with Crippen molar-refractivity contribution in [1.29, 1.82) is 0 Å². The SMILES string of the molecule is COc1ccc(OC)c([C@@H]2CC(=O)Nc3nc(N4CCCCC4)sc32)c1.